The number of hydrogen-bond donors (Lipinski definition) is 1. The highest BCUT2D eigenvalue weighted by Crippen LogP contribution is 2.24. The maximum atomic E-state index is 5.04. The summed E-state index contributed by atoms with van der Waals surface area (Å²) in [4.78, 5) is 4.76. The maximum absolute atomic E-state index is 5.04. The van der Waals surface area contributed by atoms with Crippen LogP contribution in [0.2, 0.25) is 0 Å². The van der Waals surface area contributed by atoms with Gasteiger partial charge in [0, 0.05) is 25.6 Å². The van der Waals surface area contributed by atoms with E-state index in [1.165, 1.54) is 10.9 Å². The first-order chi connectivity index (χ1) is 9.35. The summed E-state index contributed by atoms with van der Waals surface area (Å²) in [5, 5.41) is 5.72. The predicted molar refractivity (Wildman–Crippen MR) is 81.7 cm³/mol. The number of ether oxygens (including phenoxy) is 1. The van der Waals surface area contributed by atoms with E-state index in [4.69, 9.17) is 9.72 Å². The molecule has 2 aromatic rings. The zero-order chi connectivity index (χ0) is 13.5. The SMILES string of the molecule is CCSc1nc2ccccc2cc1CNCCOC. The van der Waals surface area contributed by atoms with Crippen molar-refractivity contribution in [3.05, 3.63) is 35.9 Å². The average molecular weight is 276 g/mol. The van der Waals surface area contributed by atoms with Crippen LogP contribution < -0.4 is 5.32 Å². The first-order valence-electron chi connectivity index (χ1n) is 6.56. The van der Waals surface area contributed by atoms with Gasteiger partial charge in [0.25, 0.3) is 0 Å². The van der Waals surface area contributed by atoms with Crippen molar-refractivity contribution in [2.75, 3.05) is 26.0 Å². The molecule has 1 N–H and O–H groups in total. The van der Waals surface area contributed by atoms with Gasteiger partial charge in [-0.25, -0.2) is 4.98 Å². The number of methoxy groups -OCH3 is 1. The van der Waals surface area contributed by atoms with Crippen molar-refractivity contribution >= 4 is 22.7 Å². The van der Waals surface area contributed by atoms with Crippen molar-refractivity contribution in [3.8, 4) is 0 Å². The van der Waals surface area contributed by atoms with Crippen molar-refractivity contribution < 1.29 is 4.74 Å². The molecule has 0 saturated carbocycles. The molecule has 0 aliphatic heterocycles. The molecule has 0 unspecified atom stereocenters. The van der Waals surface area contributed by atoms with E-state index >= 15 is 0 Å². The summed E-state index contributed by atoms with van der Waals surface area (Å²) < 4.78 is 5.04. The zero-order valence-electron chi connectivity index (χ0n) is 11.5. The molecule has 3 nitrogen and oxygen atoms in total. The van der Waals surface area contributed by atoms with Gasteiger partial charge in [-0.15, -0.1) is 11.8 Å². The highest BCUT2D eigenvalue weighted by molar-refractivity contribution is 7.99. The molecule has 0 atom stereocenters. The number of rotatable bonds is 7. The van der Waals surface area contributed by atoms with Crippen LogP contribution in [0.15, 0.2) is 35.4 Å². The van der Waals surface area contributed by atoms with Gasteiger partial charge in [0.15, 0.2) is 0 Å². The van der Waals surface area contributed by atoms with Crippen molar-refractivity contribution in [2.24, 2.45) is 0 Å². The molecule has 0 aliphatic rings. The lowest BCUT2D eigenvalue weighted by Gasteiger charge is -2.10. The van der Waals surface area contributed by atoms with E-state index in [1.807, 2.05) is 6.07 Å². The van der Waals surface area contributed by atoms with Gasteiger partial charge in [-0.1, -0.05) is 25.1 Å². The summed E-state index contributed by atoms with van der Waals surface area (Å²) >= 11 is 1.80. The third-order valence-electron chi connectivity index (χ3n) is 2.84. The van der Waals surface area contributed by atoms with E-state index < -0.39 is 0 Å². The second-order valence-electron chi connectivity index (χ2n) is 4.25. The van der Waals surface area contributed by atoms with Crippen LogP contribution >= 0.6 is 11.8 Å². The smallest absolute Gasteiger partial charge is 0.101 e. The fraction of sp³-hybridized carbons (Fsp3) is 0.400. The van der Waals surface area contributed by atoms with E-state index in [-0.39, 0.29) is 0 Å². The minimum Gasteiger partial charge on any atom is -0.383 e. The Morgan fingerprint density at radius 2 is 2.16 bits per heavy atom. The number of nitrogens with one attached hydrogen (secondary N) is 1. The van der Waals surface area contributed by atoms with E-state index in [0.29, 0.717) is 0 Å². The van der Waals surface area contributed by atoms with Gasteiger partial charge < -0.3 is 10.1 Å². The summed E-state index contributed by atoms with van der Waals surface area (Å²) in [6.07, 6.45) is 0. The van der Waals surface area contributed by atoms with Crippen LogP contribution in [0.25, 0.3) is 10.9 Å². The van der Waals surface area contributed by atoms with Gasteiger partial charge >= 0.3 is 0 Å². The van der Waals surface area contributed by atoms with Crippen LogP contribution in [0.1, 0.15) is 12.5 Å². The molecule has 19 heavy (non-hydrogen) atoms. The first kappa shape index (κ1) is 14.3. The minimum absolute atomic E-state index is 0.733. The molecule has 0 aliphatic carbocycles. The van der Waals surface area contributed by atoms with Gasteiger partial charge in [-0.2, -0.15) is 0 Å². The summed E-state index contributed by atoms with van der Waals surface area (Å²) in [5.74, 6) is 1.04. The standard InChI is InChI=1S/C15H20N2OS/c1-3-19-15-13(11-16-8-9-18-2)10-12-6-4-5-7-14(12)17-15/h4-7,10,16H,3,8-9,11H2,1-2H3. The summed E-state index contributed by atoms with van der Waals surface area (Å²) in [5.41, 5.74) is 2.33. The van der Waals surface area contributed by atoms with E-state index in [2.05, 4.69) is 36.5 Å². The molecule has 1 aromatic heterocycles. The highest BCUT2D eigenvalue weighted by atomic mass is 32.2. The maximum Gasteiger partial charge on any atom is 0.101 e. The van der Waals surface area contributed by atoms with Gasteiger partial charge in [0.1, 0.15) is 5.03 Å². The van der Waals surface area contributed by atoms with Crippen LogP contribution in [0.5, 0.6) is 0 Å². The van der Waals surface area contributed by atoms with Crippen LogP contribution in [0.3, 0.4) is 0 Å². The summed E-state index contributed by atoms with van der Waals surface area (Å²) in [6.45, 7) is 4.59. The van der Waals surface area contributed by atoms with Crippen LogP contribution in [0.4, 0.5) is 0 Å². The number of aromatic nitrogens is 1. The fourth-order valence-electron chi connectivity index (χ4n) is 1.93. The molecule has 4 heteroatoms. The molecule has 0 radical (unpaired) electrons. The zero-order valence-corrected chi connectivity index (χ0v) is 12.3. The Bertz CT molecular complexity index is 531. The van der Waals surface area contributed by atoms with Crippen LogP contribution in [0, 0.1) is 0 Å². The highest BCUT2D eigenvalue weighted by Gasteiger charge is 2.06. The van der Waals surface area contributed by atoms with Gasteiger partial charge in [-0.3, -0.25) is 0 Å². The van der Waals surface area contributed by atoms with E-state index in [1.54, 1.807) is 18.9 Å². The number of hydrogen-bond acceptors (Lipinski definition) is 4. The number of nitrogens with zero attached hydrogens (tertiary/aromatic N) is 1. The Morgan fingerprint density at radius 3 is 2.95 bits per heavy atom. The number of fused-ring (bicyclic) bond motifs is 1. The number of thioether (sulfide) groups is 1. The van der Waals surface area contributed by atoms with Crippen LogP contribution in [-0.4, -0.2) is 31.0 Å². The lowest BCUT2D eigenvalue weighted by Crippen LogP contribution is -2.19. The third kappa shape index (κ3) is 3.93. The number of para-hydroxylation sites is 1. The summed E-state index contributed by atoms with van der Waals surface area (Å²) in [6, 6.07) is 10.5. The van der Waals surface area contributed by atoms with E-state index in [9.17, 15) is 0 Å². The minimum atomic E-state index is 0.733. The van der Waals surface area contributed by atoms with Crippen molar-refractivity contribution in [2.45, 2.75) is 18.5 Å². The molecule has 0 bridgehead atoms. The van der Waals surface area contributed by atoms with Crippen molar-refractivity contribution in [1.29, 1.82) is 0 Å². The lowest BCUT2D eigenvalue weighted by molar-refractivity contribution is 0.199. The lowest BCUT2D eigenvalue weighted by atomic mass is 10.1. The number of benzene rings is 1. The number of pyridine rings is 1. The van der Waals surface area contributed by atoms with Gasteiger partial charge in [-0.05, 0) is 23.4 Å². The van der Waals surface area contributed by atoms with E-state index in [0.717, 1.165) is 36.0 Å². The largest absolute Gasteiger partial charge is 0.383 e. The Morgan fingerprint density at radius 1 is 1.32 bits per heavy atom. The molecule has 0 saturated heterocycles. The fourth-order valence-corrected chi connectivity index (χ4v) is 2.68. The predicted octanol–water partition coefficient (Wildman–Crippen LogP) is 3.08. The second kappa shape index (κ2) is 7.48. The Hall–Kier alpha value is -1.10. The van der Waals surface area contributed by atoms with Gasteiger partial charge in [0.05, 0.1) is 12.1 Å². The monoisotopic (exact) mass is 276 g/mol. The average Bonchev–Trinajstić information content (AvgIpc) is 2.44. The molecule has 1 aromatic carbocycles. The van der Waals surface area contributed by atoms with Crippen LogP contribution in [-0.2, 0) is 11.3 Å². The normalized spacial score (nSPS) is 11.1. The molecule has 0 spiro atoms. The molecule has 0 amide bonds. The molecular weight excluding hydrogens is 256 g/mol. The summed E-state index contributed by atoms with van der Waals surface area (Å²) in [7, 11) is 1.72. The van der Waals surface area contributed by atoms with Crippen molar-refractivity contribution in [3.63, 3.8) is 0 Å². The molecule has 2 rings (SSSR count). The van der Waals surface area contributed by atoms with Gasteiger partial charge in [0.2, 0.25) is 0 Å². The second-order valence-corrected chi connectivity index (χ2v) is 5.50. The third-order valence-corrected chi connectivity index (χ3v) is 3.76. The molecule has 1 heterocycles. The topological polar surface area (TPSA) is 34.2 Å². The molecule has 0 fully saturated rings. The Balaban J connectivity index is 2.20. The first-order valence-corrected chi connectivity index (χ1v) is 7.55. The molecular formula is C15H20N2OS. The Kier molecular flexibility index (Phi) is 5.63. The molecule has 102 valence electrons. The quantitative estimate of drug-likeness (QED) is 0.622. The van der Waals surface area contributed by atoms with Crippen molar-refractivity contribution in [1.82, 2.24) is 10.3 Å². The Labute approximate surface area is 118 Å².